The highest BCUT2D eigenvalue weighted by Gasteiger charge is 2.47. The van der Waals surface area contributed by atoms with Crippen LogP contribution in [0.2, 0.25) is 5.02 Å². The molecule has 47 heavy (non-hydrogen) atoms. The average molecular weight is 715 g/mol. The van der Waals surface area contributed by atoms with Gasteiger partial charge in [-0.05, 0) is 98.1 Å². The van der Waals surface area contributed by atoms with Crippen molar-refractivity contribution < 1.29 is 23.8 Å². The normalized spacial score (nSPS) is 22.9. The van der Waals surface area contributed by atoms with Gasteiger partial charge in [0.2, 0.25) is 0 Å². The van der Waals surface area contributed by atoms with Crippen molar-refractivity contribution in [1.29, 1.82) is 0 Å². The maximum absolute atomic E-state index is 14.4. The van der Waals surface area contributed by atoms with E-state index in [1.165, 1.54) is 12.5 Å². The average Bonchev–Trinajstić information content (AvgIpc) is 3.47. The Morgan fingerprint density at radius 2 is 1.77 bits per heavy atom. The Morgan fingerprint density at radius 3 is 2.40 bits per heavy atom. The number of benzene rings is 2. The minimum atomic E-state index is -0.815. The summed E-state index contributed by atoms with van der Waals surface area (Å²) in [5.41, 5.74) is 1.80. The van der Waals surface area contributed by atoms with Gasteiger partial charge in [0, 0.05) is 42.8 Å². The minimum Gasteiger partial charge on any atom is -0.480 e. The van der Waals surface area contributed by atoms with Crippen LogP contribution < -0.4 is 5.32 Å². The maximum atomic E-state index is 14.4. The van der Waals surface area contributed by atoms with Gasteiger partial charge in [-0.1, -0.05) is 62.1 Å². The van der Waals surface area contributed by atoms with Crippen LogP contribution in [0.1, 0.15) is 88.2 Å². The predicted octanol–water partition coefficient (Wildman–Crippen LogP) is 8.32. The fourth-order valence-electron chi connectivity index (χ4n) is 8.30. The topological polar surface area (TPSA) is 82.1 Å². The highest BCUT2D eigenvalue weighted by molar-refractivity contribution is 6.30. The highest BCUT2D eigenvalue weighted by Crippen LogP contribution is 2.51. The molecule has 1 amide bonds. The van der Waals surface area contributed by atoms with Crippen LogP contribution in [0.15, 0.2) is 48.5 Å². The minimum absolute atomic E-state index is 0. The first-order valence-corrected chi connectivity index (χ1v) is 17.3. The number of nitrogens with zero attached hydrogens (tertiary/aromatic N) is 2. The van der Waals surface area contributed by atoms with E-state index >= 15 is 0 Å². The Bertz CT molecular complexity index is 1270. The van der Waals surface area contributed by atoms with Crippen LogP contribution in [-0.2, 0) is 16.1 Å². The van der Waals surface area contributed by atoms with E-state index in [0.717, 1.165) is 88.5 Å². The third kappa shape index (κ3) is 10.4. The lowest BCUT2D eigenvalue weighted by Gasteiger charge is -2.43. The van der Waals surface area contributed by atoms with E-state index < -0.39 is 5.97 Å². The molecule has 1 heterocycles. The molecule has 0 spiro atoms. The molecule has 0 aromatic heterocycles. The lowest BCUT2D eigenvalue weighted by molar-refractivity contribution is -0.136. The molecule has 2 aromatic carbocycles. The third-order valence-corrected chi connectivity index (χ3v) is 10.8. The molecule has 0 bridgehead atoms. The number of hydrogen-bond acceptors (Lipinski definition) is 5. The van der Waals surface area contributed by atoms with E-state index in [4.69, 9.17) is 16.3 Å². The van der Waals surface area contributed by atoms with Gasteiger partial charge in [0.05, 0.1) is 6.54 Å². The Hall–Kier alpha value is -2.10. The van der Waals surface area contributed by atoms with Gasteiger partial charge in [-0.15, -0.1) is 24.8 Å². The summed E-state index contributed by atoms with van der Waals surface area (Å²) in [6.45, 7) is 5.68. The highest BCUT2D eigenvalue weighted by atomic mass is 35.5. The third-order valence-electron chi connectivity index (χ3n) is 10.6. The van der Waals surface area contributed by atoms with E-state index in [1.807, 2.05) is 23.1 Å². The Balaban J connectivity index is 0.00000300. The molecule has 1 saturated heterocycles. The van der Waals surface area contributed by atoms with Crippen molar-refractivity contribution in [2.75, 3.05) is 32.7 Å². The number of carbonyl (C=O) groups is 2. The van der Waals surface area contributed by atoms with Gasteiger partial charge in [0.15, 0.2) is 0 Å². The Labute approximate surface area is 296 Å². The lowest BCUT2D eigenvalue weighted by Crippen LogP contribution is -2.53. The molecule has 262 valence electrons. The van der Waals surface area contributed by atoms with Crippen molar-refractivity contribution >= 4 is 48.5 Å². The SMILES string of the molecule is CCCN(C(=O)OCc1ccc(Cl)cc1)C1CCN(C[C@H]2C[C@H](C3(NCC(=O)O)CCCCC3)C[C@@H]2c2cccc(F)c2)CC1.Cl.Cl. The molecule has 2 aromatic rings. The van der Waals surface area contributed by atoms with Gasteiger partial charge in [-0.2, -0.15) is 0 Å². The number of rotatable bonds is 12. The van der Waals surface area contributed by atoms with Crippen molar-refractivity contribution in [2.24, 2.45) is 11.8 Å². The van der Waals surface area contributed by atoms with Gasteiger partial charge in [-0.25, -0.2) is 9.18 Å². The van der Waals surface area contributed by atoms with E-state index in [-0.39, 0.29) is 67.4 Å². The molecule has 2 saturated carbocycles. The van der Waals surface area contributed by atoms with Crippen LogP contribution >= 0.6 is 36.4 Å². The summed E-state index contributed by atoms with van der Waals surface area (Å²) >= 11 is 5.99. The van der Waals surface area contributed by atoms with E-state index in [1.54, 1.807) is 18.2 Å². The molecule has 3 fully saturated rings. The van der Waals surface area contributed by atoms with Crippen LogP contribution in [0.5, 0.6) is 0 Å². The van der Waals surface area contributed by atoms with Gasteiger partial charge in [-0.3, -0.25) is 4.79 Å². The van der Waals surface area contributed by atoms with Crippen molar-refractivity contribution in [2.45, 2.75) is 95.2 Å². The van der Waals surface area contributed by atoms with Crippen LogP contribution in [0.3, 0.4) is 0 Å². The fourth-order valence-corrected chi connectivity index (χ4v) is 8.43. The van der Waals surface area contributed by atoms with Gasteiger partial charge in [0.25, 0.3) is 0 Å². The molecule has 7 nitrogen and oxygen atoms in total. The summed E-state index contributed by atoms with van der Waals surface area (Å²) in [6, 6.07) is 14.6. The number of carboxylic acid groups (broad SMARTS) is 1. The van der Waals surface area contributed by atoms with Crippen molar-refractivity contribution in [3.63, 3.8) is 0 Å². The van der Waals surface area contributed by atoms with Crippen molar-refractivity contribution in [3.8, 4) is 0 Å². The molecule has 1 aliphatic heterocycles. The first-order valence-electron chi connectivity index (χ1n) is 16.9. The van der Waals surface area contributed by atoms with Crippen LogP contribution in [-0.4, -0.2) is 71.3 Å². The molecular weight excluding hydrogens is 664 g/mol. The number of nitrogens with one attached hydrogen (secondary N) is 1. The number of carboxylic acids is 1. The molecule has 0 unspecified atom stereocenters. The number of carbonyl (C=O) groups excluding carboxylic acids is 1. The zero-order valence-corrected chi connectivity index (χ0v) is 29.8. The molecule has 3 aliphatic rings. The fraction of sp³-hybridized carbons (Fsp3) is 0.611. The Kier molecular flexibility index (Phi) is 15.6. The number of hydrogen-bond donors (Lipinski definition) is 2. The number of halogens is 4. The number of piperidine rings is 1. The van der Waals surface area contributed by atoms with Crippen LogP contribution in [0.4, 0.5) is 9.18 Å². The van der Waals surface area contributed by atoms with Crippen LogP contribution in [0, 0.1) is 17.7 Å². The van der Waals surface area contributed by atoms with Crippen molar-refractivity contribution in [1.82, 2.24) is 15.1 Å². The summed E-state index contributed by atoms with van der Waals surface area (Å²) in [5, 5.41) is 13.7. The van der Waals surface area contributed by atoms with Crippen LogP contribution in [0.25, 0.3) is 0 Å². The molecule has 5 rings (SSSR count). The molecule has 0 radical (unpaired) electrons. The predicted molar refractivity (Wildman–Crippen MR) is 189 cm³/mol. The summed E-state index contributed by atoms with van der Waals surface area (Å²) in [5.74, 6) is -0.0811. The number of amides is 1. The quantitative estimate of drug-likeness (QED) is 0.230. The van der Waals surface area contributed by atoms with E-state index in [2.05, 4.69) is 23.2 Å². The Morgan fingerprint density at radius 1 is 1.06 bits per heavy atom. The van der Waals surface area contributed by atoms with Gasteiger partial charge >= 0.3 is 12.1 Å². The monoisotopic (exact) mass is 713 g/mol. The summed E-state index contributed by atoms with van der Waals surface area (Å²) in [6.07, 6.45) is 9.76. The molecule has 2 N–H and O–H groups in total. The second-order valence-corrected chi connectivity index (χ2v) is 13.9. The molecule has 3 atom stereocenters. The second kappa shape index (κ2) is 18.6. The smallest absolute Gasteiger partial charge is 0.410 e. The first-order chi connectivity index (χ1) is 21.8. The molecule has 11 heteroatoms. The standard InChI is InChI=1S/C36H49ClFN3O4.2ClH/c1-2-17-41(35(44)45-25-26-9-11-30(37)12-10-26)32-13-18-40(19-14-32)24-28-20-29(22-33(28)27-7-6-8-31(38)21-27)36(39-23-34(42)43)15-4-3-5-16-36;;/h6-12,21,28-29,32-33,39H,2-5,13-20,22-25H2,1H3,(H,42,43);2*1H/t28-,29+,33-;;/m1../s1. The number of likely N-dealkylation sites (tertiary alicyclic amines) is 1. The summed E-state index contributed by atoms with van der Waals surface area (Å²) in [7, 11) is 0. The van der Waals surface area contributed by atoms with Crippen molar-refractivity contribution in [3.05, 3.63) is 70.5 Å². The van der Waals surface area contributed by atoms with Gasteiger partial charge < -0.3 is 25.0 Å². The summed E-state index contributed by atoms with van der Waals surface area (Å²) in [4.78, 5) is 29.2. The second-order valence-electron chi connectivity index (χ2n) is 13.5. The largest absolute Gasteiger partial charge is 0.480 e. The van der Waals surface area contributed by atoms with E-state index in [9.17, 15) is 19.1 Å². The molecule has 2 aliphatic carbocycles. The number of aliphatic carboxylic acids is 1. The lowest BCUT2D eigenvalue weighted by atomic mass is 9.71. The zero-order valence-electron chi connectivity index (χ0n) is 27.4. The molecular formula is C36H51Cl3FN3O4. The first kappa shape index (κ1) is 39.3. The summed E-state index contributed by atoms with van der Waals surface area (Å²) < 4.78 is 20.1. The van der Waals surface area contributed by atoms with E-state index in [0.29, 0.717) is 23.4 Å². The zero-order chi connectivity index (χ0) is 31.8. The number of ether oxygens (including phenoxy) is 1. The maximum Gasteiger partial charge on any atom is 0.410 e. The van der Waals surface area contributed by atoms with Gasteiger partial charge in [0.1, 0.15) is 12.4 Å².